The molecule has 1 aliphatic rings. The summed E-state index contributed by atoms with van der Waals surface area (Å²) < 4.78 is 36.9. The molecule has 1 unspecified atom stereocenters. The summed E-state index contributed by atoms with van der Waals surface area (Å²) in [5.41, 5.74) is 2.47. The summed E-state index contributed by atoms with van der Waals surface area (Å²) in [6, 6.07) is 0. The van der Waals surface area contributed by atoms with E-state index < -0.39 is 22.8 Å². The molecule has 3 nitrogen and oxygen atoms in total. The van der Waals surface area contributed by atoms with Crippen molar-refractivity contribution in [3.05, 3.63) is 22.5 Å². The highest BCUT2D eigenvalue weighted by Crippen LogP contribution is 2.40. The van der Waals surface area contributed by atoms with Gasteiger partial charge in [-0.25, -0.2) is 4.39 Å². The number of halogens is 3. The Labute approximate surface area is 119 Å². The lowest BCUT2D eigenvalue weighted by Gasteiger charge is -2.13. The molecule has 1 aliphatic heterocycles. The lowest BCUT2D eigenvalue weighted by atomic mass is 10.2. The average molecular weight is 308 g/mol. The third-order valence-corrected chi connectivity index (χ3v) is 4.66. The molecular formula is C13H19F3N2OS. The number of hydrogen-bond acceptors (Lipinski definition) is 3. The van der Waals surface area contributed by atoms with Crippen LogP contribution in [0.4, 0.5) is 13.2 Å². The molecule has 0 spiro atoms. The molecule has 0 aromatic heterocycles. The maximum absolute atomic E-state index is 12.8. The van der Waals surface area contributed by atoms with Crippen molar-refractivity contribution in [3.63, 3.8) is 0 Å². The minimum Gasteiger partial charge on any atom is -0.396 e. The highest BCUT2D eigenvalue weighted by molar-refractivity contribution is 8.32. The lowest BCUT2D eigenvalue weighted by molar-refractivity contribution is 0.120. The van der Waals surface area contributed by atoms with Crippen molar-refractivity contribution in [3.8, 4) is 0 Å². The minimum absolute atomic E-state index is 0.280. The number of aliphatic imine (C=N–C) groups is 1. The predicted octanol–water partition coefficient (Wildman–Crippen LogP) is 4.39. The van der Waals surface area contributed by atoms with E-state index in [0.29, 0.717) is 18.3 Å². The third kappa shape index (κ3) is 5.40. The van der Waals surface area contributed by atoms with E-state index in [1.165, 1.54) is 0 Å². The largest absolute Gasteiger partial charge is 0.396 e. The van der Waals surface area contributed by atoms with Gasteiger partial charge in [-0.2, -0.15) is 19.7 Å². The van der Waals surface area contributed by atoms with E-state index >= 15 is 0 Å². The maximum Gasteiger partial charge on any atom is 0.301 e. The Morgan fingerprint density at radius 1 is 1.45 bits per heavy atom. The first-order valence-corrected chi connectivity index (χ1v) is 7.88. The van der Waals surface area contributed by atoms with E-state index in [2.05, 4.69) is 10.1 Å². The smallest absolute Gasteiger partial charge is 0.301 e. The van der Waals surface area contributed by atoms with Crippen molar-refractivity contribution in [1.82, 2.24) is 0 Å². The quantitative estimate of drug-likeness (QED) is 0.422. The topological polar surface area (TPSA) is 34.0 Å². The van der Waals surface area contributed by atoms with E-state index in [4.69, 9.17) is 4.84 Å². The molecule has 1 atom stereocenters. The number of hydrogen-bond donors (Lipinski definition) is 1. The van der Waals surface area contributed by atoms with Crippen LogP contribution in [0.15, 0.2) is 32.7 Å². The molecule has 1 rings (SSSR count). The molecule has 0 radical (unpaired) electrons. The summed E-state index contributed by atoms with van der Waals surface area (Å²) in [5.74, 6) is -0.682. The first-order valence-electron chi connectivity index (χ1n) is 6.28. The number of rotatable bonds is 7. The third-order valence-electron chi connectivity index (χ3n) is 2.51. The van der Waals surface area contributed by atoms with E-state index in [1.807, 2.05) is 20.8 Å². The second-order valence-electron chi connectivity index (χ2n) is 4.75. The van der Waals surface area contributed by atoms with E-state index in [-0.39, 0.29) is 6.42 Å². The van der Waals surface area contributed by atoms with E-state index in [1.54, 1.807) is 11.8 Å². The highest BCUT2D eigenvalue weighted by atomic mass is 32.2. The summed E-state index contributed by atoms with van der Waals surface area (Å²) in [4.78, 5) is 10.1. The van der Waals surface area contributed by atoms with Gasteiger partial charge in [0.1, 0.15) is 6.61 Å². The summed E-state index contributed by atoms with van der Waals surface area (Å²) in [6.45, 7) is 6.33. The SMILES string of the molecule is CC1=C(/C=N/OCC(C)C)[SH](CCC(F)=C(F)F)C=N1. The Kier molecular flexibility index (Phi) is 6.84. The van der Waals surface area contributed by atoms with Crippen molar-refractivity contribution in [1.29, 1.82) is 0 Å². The van der Waals surface area contributed by atoms with Crippen LogP contribution in [-0.2, 0) is 4.84 Å². The Hall–Kier alpha value is -1.24. The van der Waals surface area contributed by atoms with E-state index in [9.17, 15) is 13.2 Å². The number of nitrogens with zero attached hydrogens (tertiary/aromatic N) is 2. The summed E-state index contributed by atoms with van der Waals surface area (Å²) in [5, 5.41) is 3.86. The van der Waals surface area contributed by atoms with Crippen molar-refractivity contribution < 1.29 is 18.0 Å². The molecule has 1 heterocycles. The second kappa shape index (κ2) is 8.14. The van der Waals surface area contributed by atoms with Crippen LogP contribution in [-0.4, -0.2) is 24.1 Å². The van der Waals surface area contributed by atoms with Gasteiger partial charge < -0.3 is 4.84 Å². The van der Waals surface area contributed by atoms with Crippen LogP contribution in [0, 0.1) is 5.92 Å². The average Bonchev–Trinajstić information content (AvgIpc) is 2.72. The molecule has 0 saturated carbocycles. The lowest BCUT2D eigenvalue weighted by Crippen LogP contribution is -1.99. The summed E-state index contributed by atoms with van der Waals surface area (Å²) in [6.07, 6.45) is -0.964. The highest BCUT2D eigenvalue weighted by Gasteiger charge is 2.17. The van der Waals surface area contributed by atoms with Crippen molar-refractivity contribution in [2.45, 2.75) is 27.2 Å². The Morgan fingerprint density at radius 2 is 2.15 bits per heavy atom. The maximum atomic E-state index is 12.8. The monoisotopic (exact) mass is 308 g/mol. The number of oxime groups is 1. The van der Waals surface area contributed by atoms with Gasteiger partial charge in [0.05, 0.1) is 11.9 Å². The zero-order chi connectivity index (χ0) is 15.1. The van der Waals surface area contributed by atoms with Crippen molar-refractivity contribution in [2.75, 3.05) is 12.4 Å². The summed E-state index contributed by atoms with van der Waals surface area (Å²) >= 11 is 0. The van der Waals surface area contributed by atoms with Gasteiger partial charge in [-0.1, -0.05) is 19.0 Å². The standard InChI is InChI=1S/C13H19F3N2OS/c1-9(2)7-19-18-6-12-10(3)17-8-20(12)5-4-11(14)13(15)16/h6,8-9,20H,4-5,7H2,1-3H3/b18-6+. The Bertz CT molecular complexity index is 455. The molecule has 0 aromatic rings. The van der Waals surface area contributed by atoms with Crippen molar-refractivity contribution in [2.24, 2.45) is 16.1 Å². The zero-order valence-electron chi connectivity index (χ0n) is 11.7. The molecule has 7 heteroatoms. The van der Waals surface area contributed by atoms with Gasteiger partial charge in [-0.15, -0.1) is 0 Å². The van der Waals surface area contributed by atoms with E-state index in [0.717, 1.165) is 10.6 Å². The normalized spacial score (nSPS) is 20.2. The fourth-order valence-corrected chi connectivity index (χ4v) is 3.33. The first-order chi connectivity index (χ1) is 9.41. The van der Waals surface area contributed by atoms with Crippen LogP contribution < -0.4 is 0 Å². The number of thiol groups is 1. The molecule has 0 amide bonds. The molecule has 0 aliphatic carbocycles. The zero-order valence-corrected chi connectivity index (χ0v) is 12.6. The van der Waals surface area contributed by atoms with Crippen LogP contribution in [0.25, 0.3) is 0 Å². The van der Waals surface area contributed by atoms with Crippen LogP contribution in [0.5, 0.6) is 0 Å². The van der Waals surface area contributed by atoms with Gasteiger partial charge in [0.25, 0.3) is 0 Å². The minimum atomic E-state index is -2.24. The van der Waals surface area contributed by atoms with Gasteiger partial charge in [0.2, 0.25) is 0 Å². The first kappa shape index (κ1) is 16.8. The second-order valence-corrected chi connectivity index (χ2v) is 6.85. The van der Waals surface area contributed by atoms with Gasteiger partial charge >= 0.3 is 6.08 Å². The van der Waals surface area contributed by atoms with Crippen LogP contribution in [0.1, 0.15) is 27.2 Å². The van der Waals surface area contributed by atoms with Gasteiger partial charge in [-0.3, -0.25) is 4.99 Å². The molecule has 0 saturated heterocycles. The fourth-order valence-electron chi connectivity index (χ4n) is 1.43. The molecule has 0 bridgehead atoms. The number of allylic oxidation sites excluding steroid dienone is 3. The Balaban J connectivity index is 2.56. The van der Waals surface area contributed by atoms with Crippen LogP contribution in [0.3, 0.4) is 0 Å². The molecule has 20 heavy (non-hydrogen) atoms. The van der Waals surface area contributed by atoms with Gasteiger partial charge in [0.15, 0.2) is 5.83 Å². The molecule has 0 aromatic carbocycles. The van der Waals surface area contributed by atoms with Gasteiger partial charge in [0, 0.05) is 16.9 Å². The summed E-state index contributed by atoms with van der Waals surface area (Å²) in [7, 11) is -0.886. The molecule has 114 valence electrons. The van der Waals surface area contributed by atoms with Crippen LogP contribution in [0.2, 0.25) is 0 Å². The van der Waals surface area contributed by atoms with Gasteiger partial charge in [-0.05, 0) is 18.6 Å². The predicted molar refractivity (Wildman–Crippen MR) is 79.3 cm³/mol. The molecule has 0 fully saturated rings. The molecular weight excluding hydrogens is 289 g/mol. The van der Waals surface area contributed by atoms with Crippen molar-refractivity contribution >= 4 is 22.7 Å². The van der Waals surface area contributed by atoms with Crippen LogP contribution >= 0.6 is 10.9 Å². The fraction of sp³-hybridized carbons (Fsp3) is 0.538. The molecule has 0 N–H and O–H groups in total. The Morgan fingerprint density at radius 3 is 2.75 bits per heavy atom.